The molecule has 19 heavy (non-hydrogen) atoms. The third kappa shape index (κ3) is 3.65. The number of nitrogens with zero attached hydrogens (tertiary/aromatic N) is 1. The van der Waals surface area contributed by atoms with Gasteiger partial charge in [0.15, 0.2) is 0 Å². The van der Waals surface area contributed by atoms with Crippen molar-refractivity contribution < 1.29 is 0 Å². The number of aryl methyl sites for hydroxylation is 1. The van der Waals surface area contributed by atoms with Crippen LogP contribution in [0, 0.1) is 6.92 Å². The van der Waals surface area contributed by atoms with E-state index in [4.69, 9.17) is 23.2 Å². The molecule has 0 N–H and O–H groups in total. The van der Waals surface area contributed by atoms with Gasteiger partial charge in [0.05, 0.1) is 10.7 Å². The zero-order valence-corrected chi connectivity index (χ0v) is 12.7. The molecule has 2 aromatic rings. The second kappa shape index (κ2) is 6.31. The monoisotopic (exact) mass is 293 g/mol. The smallest absolute Gasteiger partial charge is 0.0642 e. The highest BCUT2D eigenvalue weighted by atomic mass is 35.5. The van der Waals surface area contributed by atoms with E-state index in [1.807, 2.05) is 25.2 Å². The summed E-state index contributed by atoms with van der Waals surface area (Å²) in [6, 6.07) is 14.5. The first kappa shape index (κ1) is 14.2. The van der Waals surface area contributed by atoms with Crippen LogP contribution in [0.5, 0.6) is 0 Å². The van der Waals surface area contributed by atoms with Crippen molar-refractivity contribution in [1.29, 1.82) is 0 Å². The standard InChI is InChI=1S/C16H17Cl2N/c1-12-3-5-13(6-4-12)11-19(2)16-8-7-14(10-17)9-15(16)18/h3-9H,10-11H2,1-2H3. The Hall–Kier alpha value is -1.18. The summed E-state index contributed by atoms with van der Waals surface area (Å²) in [6.45, 7) is 2.93. The van der Waals surface area contributed by atoms with Crippen LogP contribution in [0.1, 0.15) is 16.7 Å². The van der Waals surface area contributed by atoms with E-state index in [-0.39, 0.29) is 0 Å². The largest absolute Gasteiger partial charge is 0.369 e. The average Bonchev–Trinajstić information content (AvgIpc) is 2.41. The van der Waals surface area contributed by atoms with Crippen LogP contribution in [0.3, 0.4) is 0 Å². The molecular weight excluding hydrogens is 277 g/mol. The molecule has 0 heterocycles. The first-order valence-electron chi connectivity index (χ1n) is 6.21. The van der Waals surface area contributed by atoms with Crippen molar-refractivity contribution in [2.24, 2.45) is 0 Å². The number of hydrogen-bond acceptors (Lipinski definition) is 1. The molecule has 1 nitrogen and oxygen atoms in total. The first-order chi connectivity index (χ1) is 9.10. The highest BCUT2D eigenvalue weighted by Gasteiger charge is 2.07. The predicted octanol–water partition coefficient (Wildman–Crippen LogP) is 5.02. The van der Waals surface area contributed by atoms with Crippen molar-refractivity contribution in [2.45, 2.75) is 19.3 Å². The number of hydrogen-bond donors (Lipinski definition) is 0. The summed E-state index contributed by atoms with van der Waals surface area (Å²) in [5.74, 6) is 0.488. The van der Waals surface area contributed by atoms with Gasteiger partial charge >= 0.3 is 0 Å². The number of rotatable bonds is 4. The molecule has 0 saturated heterocycles. The van der Waals surface area contributed by atoms with Gasteiger partial charge in [0.1, 0.15) is 0 Å². The fraction of sp³-hybridized carbons (Fsp3) is 0.250. The Morgan fingerprint density at radius 2 is 1.63 bits per heavy atom. The number of benzene rings is 2. The molecule has 0 unspecified atom stereocenters. The van der Waals surface area contributed by atoms with E-state index < -0.39 is 0 Å². The van der Waals surface area contributed by atoms with Crippen LogP contribution < -0.4 is 4.90 Å². The molecule has 0 radical (unpaired) electrons. The predicted molar refractivity (Wildman–Crippen MR) is 84.3 cm³/mol. The Morgan fingerprint density at radius 1 is 1.00 bits per heavy atom. The minimum absolute atomic E-state index is 0.488. The van der Waals surface area contributed by atoms with Gasteiger partial charge in [-0.15, -0.1) is 11.6 Å². The van der Waals surface area contributed by atoms with Crippen LogP contribution in [0.15, 0.2) is 42.5 Å². The van der Waals surface area contributed by atoms with Gasteiger partial charge in [-0.2, -0.15) is 0 Å². The second-order valence-corrected chi connectivity index (χ2v) is 5.44. The molecule has 0 bridgehead atoms. The van der Waals surface area contributed by atoms with Crippen LogP contribution in [0.4, 0.5) is 5.69 Å². The lowest BCUT2D eigenvalue weighted by Crippen LogP contribution is -2.16. The molecule has 0 atom stereocenters. The number of halogens is 2. The molecule has 0 aliphatic carbocycles. The SMILES string of the molecule is Cc1ccc(CN(C)c2ccc(CCl)cc2Cl)cc1. The molecule has 0 aliphatic rings. The van der Waals surface area contributed by atoms with Crippen molar-refractivity contribution in [2.75, 3.05) is 11.9 Å². The molecule has 100 valence electrons. The summed E-state index contributed by atoms with van der Waals surface area (Å²) in [4.78, 5) is 2.14. The zero-order chi connectivity index (χ0) is 13.8. The van der Waals surface area contributed by atoms with Crippen molar-refractivity contribution >= 4 is 28.9 Å². The minimum atomic E-state index is 0.488. The van der Waals surface area contributed by atoms with E-state index in [0.717, 1.165) is 22.8 Å². The van der Waals surface area contributed by atoms with E-state index in [9.17, 15) is 0 Å². The lowest BCUT2D eigenvalue weighted by Gasteiger charge is -2.21. The van der Waals surface area contributed by atoms with Gasteiger partial charge in [-0.3, -0.25) is 0 Å². The van der Waals surface area contributed by atoms with E-state index in [2.05, 4.69) is 36.1 Å². The molecule has 0 aromatic heterocycles. The molecule has 0 aliphatic heterocycles. The second-order valence-electron chi connectivity index (χ2n) is 4.76. The molecule has 0 saturated carbocycles. The van der Waals surface area contributed by atoms with E-state index in [1.54, 1.807) is 0 Å². The van der Waals surface area contributed by atoms with E-state index >= 15 is 0 Å². The number of alkyl halides is 1. The third-order valence-corrected chi connectivity index (χ3v) is 3.73. The van der Waals surface area contributed by atoms with Crippen molar-refractivity contribution in [3.05, 3.63) is 64.2 Å². The van der Waals surface area contributed by atoms with Crippen LogP contribution in [-0.2, 0) is 12.4 Å². The van der Waals surface area contributed by atoms with Gasteiger partial charge in [-0.05, 0) is 30.2 Å². The quantitative estimate of drug-likeness (QED) is 0.715. The van der Waals surface area contributed by atoms with Crippen molar-refractivity contribution in [1.82, 2.24) is 0 Å². The Bertz CT molecular complexity index is 549. The fourth-order valence-corrected chi connectivity index (χ4v) is 2.51. The highest BCUT2D eigenvalue weighted by Crippen LogP contribution is 2.27. The van der Waals surface area contributed by atoms with Gasteiger partial charge in [0, 0.05) is 19.5 Å². The van der Waals surface area contributed by atoms with Crippen LogP contribution >= 0.6 is 23.2 Å². The minimum Gasteiger partial charge on any atom is -0.369 e. The summed E-state index contributed by atoms with van der Waals surface area (Å²) in [6.07, 6.45) is 0. The molecule has 0 amide bonds. The molecule has 0 fully saturated rings. The maximum atomic E-state index is 6.29. The summed E-state index contributed by atoms with van der Waals surface area (Å²) >= 11 is 12.1. The Labute approximate surface area is 124 Å². The molecule has 3 heteroatoms. The van der Waals surface area contributed by atoms with Crippen LogP contribution in [0.25, 0.3) is 0 Å². The van der Waals surface area contributed by atoms with Crippen molar-refractivity contribution in [3.8, 4) is 0 Å². The third-order valence-electron chi connectivity index (χ3n) is 3.12. The highest BCUT2D eigenvalue weighted by molar-refractivity contribution is 6.33. The lowest BCUT2D eigenvalue weighted by molar-refractivity contribution is 0.922. The summed E-state index contributed by atoms with van der Waals surface area (Å²) in [5, 5.41) is 0.743. The zero-order valence-electron chi connectivity index (χ0n) is 11.2. The maximum Gasteiger partial charge on any atom is 0.0642 e. The van der Waals surface area contributed by atoms with Gasteiger partial charge in [0.2, 0.25) is 0 Å². The Kier molecular flexibility index (Phi) is 4.73. The summed E-state index contributed by atoms with van der Waals surface area (Å²) < 4.78 is 0. The van der Waals surface area contributed by atoms with Crippen LogP contribution in [0.2, 0.25) is 5.02 Å². The molecular formula is C16H17Cl2N. The van der Waals surface area contributed by atoms with Crippen LogP contribution in [-0.4, -0.2) is 7.05 Å². The van der Waals surface area contributed by atoms with Gasteiger partial charge < -0.3 is 4.90 Å². The normalized spacial score (nSPS) is 10.5. The number of anilines is 1. The maximum absolute atomic E-state index is 6.29. The first-order valence-corrected chi connectivity index (χ1v) is 7.12. The van der Waals surface area contributed by atoms with E-state index in [0.29, 0.717) is 5.88 Å². The van der Waals surface area contributed by atoms with Gasteiger partial charge in [0.25, 0.3) is 0 Å². The Balaban J connectivity index is 2.15. The lowest BCUT2D eigenvalue weighted by atomic mass is 10.1. The molecule has 2 rings (SSSR count). The van der Waals surface area contributed by atoms with Gasteiger partial charge in [-0.1, -0.05) is 47.5 Å². The topological polar surface area (TPSA) is 3.24 Å². The van der Waals surface area contributed by atoms with Gasteiger partial charge in [-0.25, -0.2) is 0 Å². The summed E-state index contributed by atoms with van der Waals surface area (Å²) in [7, 11) is 2.04. The van der Waals surface area contributed by atoms with Crippen molar-refractivity contribution in [3.63, 3.8) is 0 Å². The summed E-state index contributed by atoms with van der Waals surface area (Å²) in [5.41, 5.74) is 4.61. The molecule has 2 aromatic carbocycles. The average molecular weight is 294 g/mol. The van der Waals surface area contributed by atoms with E-state index in [1.165, 1.54) is 11.1 Å². The Morgan fingerprint density at radius 3 is 2.21 bits per heavy atom. The molecule has 0 spiro atoms. The fourth-order valence-electron chi connectivity index (χ4n) is 2.00.